The highest BCUT2D eigenvalue weighted by atomic mass is 14.0. The van der Waals surface area contributed by atoms with Crippen LogP contribution in [0.3, 0.4) is 0 Å². The van der Waals surface area contributed by atoms with E-state index < -0.39 is 0 Å². The Balaban J connectivity index is 2.08. The summed E-state index contributed by atoms with van der Waals surface area (Å²) in [6, 6.07) is 0. The third kappa shape index (κ3) is 8.72. The van der Waals surface area contributed by atoms with E-state index >= 15 is 0 Å². The van der Waals surface area contributed by atoms with Crippen molar-refractivity contribution in [2.75, 3.05) is 0 Å². The Kier molecular flexibility index (Phi) is 8.76. The normalized spacial score (nSPS) is 25.1. The predicted octanol–water partition coefficient (Wildman–Crippen LogP) is 5.44. The molecule has 0 unspecified atom stereocenters. The Bertz CT molecular complexity index is 130. The second-order valence-electron chi connectivity index (χ2n) is 4.76. The number of allylic oxidation sites excluding steroid dienone is 2. The monoisotopic (exact) mass is 207 g/mol. The van der Waals surface area contributed by atoms with Gasteiger partial charge in [-0.15, -0.1) is 0 Å². The van der Waals surface area contributed by atoms with Gasteiger partial charge in [0.2, 0.25) is 0 Å². The molecule has 0 atom stereocenters. The first-order valence-electron chi connectivity index (χ1n) is 6.97. The molecule has 1 rings (SSSR count). The second kappa shape index (κ2) is 10.3. The Morgan fingerprint density at radius 3 is 1.67 bits per heavy atom. The van der Waals surface area contributed by atoms with Crippen LogP contribution in [0.4, 0.5) is 0 Å². The molecule has 87 valence electrons. The van der Waals surface area contributed by atoms with Gasteiger partial charge in [-0.1, -0.05) is 63.5 Å². The van der Waals surface area contributed by atoms with Crippen LogP contribution in [0.15, 0.2) is 12.2 Å². The minimum atomic E-state index is 1.19. The van der Waals surface area contributed by atoms with E-state index in [0.717, 1.165) is 0 Å². The van der Waals surface area contributed by atoms with Crippen LogP contribution in [-0.4, -0.2) is 0 Å². The largest absolute Gasteiger partial charge is 0.0885 e. The molecule has 0 nitrogen and oxygen atoms in total. The number of rotatable bonds is 0. The summed E-state index contributed by atoms with van der Waals surface area (Å²) in [5.74, 6) is 0. The summed E-state index contributed by atoms with van der Waals surface area (Å²) in [6.07, 6.45) is 24.0. The Morgan fingerprint density at radius 1 is 0.467 bits per heavy atom. The maximum atomic E-state index is 2.44. The van der Waals surface area contributed by atoms with Crippen molar-refractivity contribution in [3.8, 4) is 0 Å². The zero-order valence-electron chi connectivity index (χ0n) is 10.2. The lowest BCUT2D eigenvalue weighted by atomic mass is 10.1. The maximum absolute atomic E-state index is 2.44. The van der Waals surface area contributed by atoms with Crippen molar-refractivity contribution in [3.05, 3.63) is 18.6 Å². The molecule has 1 radical (unpaired) electrons. The van der Waals surface area contributed by atoms with Crippen LogP contribution in [-0.2, 0) is 0 Å². The van der Waals surface area contributed by atoms with Gasteiger partial charge in [-0.2, -0.15) is 0 Å². The fourth-order valence-electron chi connectivity index (χ4n) is 2.22. The smallest absolute Gasteiger partial charge is 0.0319 e. The van der Waals surface area contributed by atoms with Gasteiger partial charge in [0.25, 0.3) is 0 Å². The van der Waals surface area contributed by atoms with Crippen LogP contribution in [0.25, 0.3) is 0 Å². The quantitative estimate of drug-likeness (QED) is 0.464. The summed E-state index contributed by atoms with van der Waals surface area (Å²) in [7, 11) is 0. The molecule has 0 aromatic rings. The highest BCUT2D eigenvalue weighted by molar-refractivity contribution is 4.86. The molecule has 0 aliphatic heterocycles. The maximum Gasteiger partial charge on any atom is -0.0319 e. The summed E-state index contributed by atoms with van der Waals surface area (Å²) >= 11 is 0. The molecular formula is C15H27. The molecule has 0 amide bonds. The summed E-state index contributed by atoms with van der Waals surface area (Å²) in [6.45, 7) is 0. The van der Waals surface area contributed by atoms with Crippen LogP contribution >= 0.6 is 0 Å². The van der Waals surface area contributed by atoms with E-state index in [0.29, 0.717) is 0 Å². The lowest BCUT2D eigenvalue weighted by Crippen LogP contribution is -1.81. The van der Waals surface area contributed by atoms with E-state index in [1.165, 1.54) is 77.0 Å². The van der Waals surface area contributed by atoms with Crippen molar-refractivity contribution in [3.63, 3.8) is 0 Å². The molecule has 0 heterocycles. The standard InChI is InChI=1S/C15H27/c1-2-4-6-8-10-12-14-15-13-11-9-7-5-3-1/h1-2,5H,3-4,6-15H2/b2-1-. The highest BCUT2D eigenvalue weighted by Crippen LogP contribution is 2.13. The van der Waals surface area contributed by atoms with Crippen LogP contribution in [0.2, 0.25) is 0 Å². The Morgan fingerprint density at radius 2 is 1.00 bits per heavy atom. The van der Waals surface area contributed by atoms with Crippen molar-refractivity contribution >= 4 is 0 Å². The minimum Gasteiger partial charge on any atom is -0.0885 e. The first kappa shape index (κ1) is 12.8. The van der Waals surface area contributed by atoms with Gasteiger partial charge in [0, 0.05) is 0 Å². The molecule has 15 heavy (non-hydrogen) atoms. The van der Waals surface area contributed by atoms with E-state index in [1.807, 2.05) is 0 Å². The van der Waals surface area contributed by atoms with Gasteiger partial charge in [0.15, 0.2) is 0 Å². The van der Waals surface area contributed by atoms with Gasteiger partial charge in [0.05, 0.1) is 0 Å². The van der Waals surface area contributed by atoms with Crippen molar-refractivity contribution < 1.29 is 0 Å². The van der Waals surface area contributed by atoms with Crippen LogP contribution in [0, 0.1) is 6.42 Å². The summed E-state index contributed by atoms with van der Waals surface area (Å²) in [5, 5.41) is 0. The van der Waals surface area contributed by atoms with Gasteiger partial charge < -0.3 is 0 Å². The summed E-state index contributed by atoms with van der Waals surface area (Å²) in [4.78, 5) is 0. The SMILES string of the molecule is [CH]1C/C=C\CCCCCCCCCCC1. The van der Waals surface area contributed by atoms with Crippen LogP contribution < -0.4 is 0 Å². The van der Waals surface area contributed by atoms with E-state index in [9.17, 15) is 0 Å². The molecule has 0 saturated heterocycles. The van der Waals surface area contributed by atoms with Crippen molar-refractivity contribution in [1.29, 1.82) is 0 Å². The topological polar surface area (TPSA) is 0 Å². The van der Waals surface area contributed by atoms with E-state index in [-0.39, 0.29) is 0 Å². The van der Waals surface area contributed by atoms with Crippen LogP contribution in [0.5, 0.6) is 0 Å². The van der Waals surface area contributed by atoms with Crippen molar-refractivity contribution in [1.82, 2.24) is 0 Å². The van der Waals surface area contributed by atoms with Gasteiger partial charge >= 0.3 is 0 Å². The molecule has 0 N–H and O–H groups in total. The minimum absolute atomic E-state index is 1.19. The third-order valence-corrected chi connectivity index (χ3v) is 3.25. The molecule has 0 aromatic carbocycles. The Hall–Kier alpha value is -0.260. The fourth-order valence-corrected chi connectivity index (χ4v) is 2.22. The zero-order valence-corrected chi connectivity index (χ0v) is 10.2. The summed E-state index contributed by atoms with van der Waals surface area (Å²) in [5.41, 5.74) is 0. The van der Waals surface area contributed by atoms with Gasteiger partial charge in [-0.25, -0.2) is 0 Å². The first-order valence-corrected chi connectivity index (χ1v) is 6.97. The molecule has 1 aliphatic rings. The zero-order chi connectivity index (χ0) is 10.6. The second-order valence-corrected chi connectivity index (χ2v) is 4.76. The number of hydrogen-bond acceptors (Lipinski definition) is 0. The van der Waals surface area contributed by atoms with Crippen LogP contribution in [0.1, 0.15) is 77.0 Å². The molecule has 0 spiro atoms. The molecule has 0 aromatic heterocycles. The molecule has 1 aliphatic carbocycles. The fraction of sp³-hybridized carbons (Fsp3) is 0.800. The van der Waals surface area contributed by atoms with E-state index in [1.54, 1.807) is 0 Å². The lowest BCUT2D eigenvalue weighted by Gasteiger charge is -2.01. The number of hydrogen-bond donors (Lipinski definition) is 0. The van der Waals surface area contributed by atoms with Crippen molar-refractivity contribution in [2.24, 2.45) is 0 Å². The lowest BCUT2D eigenvalue weighted by molar-refractivity contribution is 0.559. The average Bonchev–Trinajstić information content (AvgIpc) is 2.27. The van der Waals surface area contributed by atoms with Gasteiger partial charge in [-0.3, -0.25) is 0 Å². The average molecular weight is 207 g/mol. The molecule has 0 saturated carbocycles. The molecule has 0 bridgehead atoms. The molecule has 0 fully saturated rings. The van der Waals surface area contributed by atoms with Gasteiger partial charge in [0.1, 0.15) is 0 Å². The third-order valence-electron chi connectivity index (χ3n) is 3.25. The predicted molar refractivity (Wildman–Crippen MR) is 68.8 cm³/mol. The summed E-state index contributed by atoms with van der Waals surface area (Å²) < 4.78 is 0. The molecular weight excluding hydrogens is 180 g/mol. The first-order chi connectivity index (χ1) is 7.50. The van der Waals surface area contributed by atoms with Crippen molar-refractivity contribution in [2.45, 2.75) is 77.0 Å². The van der Waals surface area contributed by atoms with E-state index in [2.05, 4.69) is 18.6 Å². The highest BCUT2D eigenvalue weighted by Gasteiger charge is 1.94. The van der Waals surface area contributed by atoms with E-state index in [4.69, 9.17) is 0 Å². The Labute approximate surface area is 96.2 Å². The molecule has 0 heteroatoms. The van der Waals surface area contributed by atoms with Gasteiger partial charge in [-0.05, 0) is 32.1 Å².